The lowest BCUT2D eigenvalue weighted by molar-refractivity contribution is -0.135. The van der Waals surface area contributed by atoms with Gasteiger partial charge < -0.3 is 15.4 Å². The lowest BCUT2D eigenvalue weighted by Gasteiger charge is -2.35. The molecule has 0 spiro atoms. The van der Waals surface area contributed by atoms with Gasteiger partial charge in [0.1, 0.15) is 5.75 Å². The number of nitrogens with zero attached hydrogens (tertiary/aromatic N) is 1. The van der Waals surface area contributed by atoms with Crippen LogP contribution < -0.4 is 10.5 Å². The summed E-state index contributed by atoms with van der Waals surface area (Å²) in [6.07, 6.45) is 3.66. The summed E-state index contributed by atoms with van der Waals surface area (Å²) in [7, 11) is 0. The number of piperidine rings is 1. The number of likely N-dealkylation sites (tertiary alicyclic amines) is 1. The molecule has 0 aromatic heterocycles. The number of carbonyl (C=O) groups is 1. The summed E-state index contributed by atoms with van der Waals surface area (Å²) in [6, 6.07) is 6.13. The largest absolute Gasteiger partial charge is 0.492 e. The van der Waals surface area contributed by atoms with Crippen molar-refractivity contribution < 1.29 is 9.53 Å². The molecule has 1 amide bonds. The quantitative estimate of drug-likeness (QED) is 0.884. The van der Waals surface area contributed by atoms with E-state index >= 15 is 0 Å². The third kappa shape index (κ3) is 4.45. The van der Waals surface area contributed by atoms with Crippen molar-refractivity contribution in [3.8, 4) is 5.75 Å². The van der Waals surface area contributed by atoms with Crippen molar-refractivity contribution >= 4 is 21.8 Å². The second kappa shape index (κ2) is 7.80. The number of aryl methyl sites for hydroxylation is 1. The Balaban J connectivity index is 1.83. The SMILES string of the molecule is Cc1ccc(OCCC(=O)N2CCCCC2CN)c(Br)c1. The Morgan fingerprint density at radius 3 is 3.00 bits per heavy atom. The maximum atomic E-state index is 12.3. The second-order valence-corrected chi connectivity index (χ2v) is 6.36. The molecule has 1 aliphatic rings. The molecule has 1 fully saturated rings. The predicted molar refractivity (Wildman–Crippen MR) is 87.4 cm³/mol. The van der Waals surface area contributed by atoms with Crippen LogP contribution in [-0.2, 0) is 4.79 Å². The lowest BCUT2D eigenvalue weighted by Crippen LogP contribution is -2.47. The molecular formula is C16H23BrN2O2. The molecule has 4 nitrogen and oxygen atoms in total. The Kier molecular flexibility index (Phi) is 6.06. The normalized spacial score (nSPS) is 18.6. The summed E-state index contributed by atoms with van der Waals surface area (Å²) < 4.78 is 6.62. The van der Waals surface area contributed by atoms with E-state index in [0.29, 0.717) is 19.6 Å². The number of amides is 1. The molecular weight excluding hydrogens is 332 g/mol. The minimum absolute atomic E-state index is 0.147. The van der Waals surface area contributed by atoms with E-state index in [4.69, 9.17) is 10.5 Å². The molecule has 0 bridgehead atoms. The van der Waals surface area contributed by atoms with Crippen molar-refractivity contribution in [2.45, 2.75) is 38.6 Å². The van der Waals surface area contributed by atoms with Crippen LogP contribution in [0.2, 0.25) is 0 Å². The highest BCUT2D eigenvalue weighted by Crippen LogP contribution is 2.26. The number of hydrogen-bond acceptors (Lipinski definition) is 3. The van der Waals surface area contributed by atoms with Crippen molar-refractivity contribution in [1.29, 1.82) is 0 Å². The molecule has 1 saturated heterocycles. The molecule has 0 aliphatic carbocycles. The first-order valence-corrected chi connectivity index (χ1v) is 8.29. The molecule has 1 aromatic rings. The maximum absolute atomic E-state index is 12.3. The molecule has 1 aliphatic heterocycles. The van der Waals surface area contributed by atoms with Crippen LogP contribution in [0.3, 0.4) is 0 Å². The Labute approximate surface area is 134 Å². The molecule has 5 heteroatoms. The van der Waals surface area contributed by atoms with Gasteiger partial charge in [0, 0.05) is 19.1 Å². The van der Waals surface area contributed by atoms with Gasteiger partial charge in [0.2, 0.25) is 5.91 Å². The van der Waals surface area contributed by atoms with E-state index in [2.05, 4.69) is 15.9 Å². The molecule has 1 atom stereocenters. The van der Waals surface area contributed by atoms with Gasteiger partial charge in [0.05, 0.1) is 17.5 Å². The fraction of sp³-hybridized carbons (Fsp3) is 0.562. The average Bonchev–Trinajstić information content (AvgIpc) is 2.49. The molecule has 2 N–H and O–H groups in total. The van der Waals surface area contributed by atoms with Crippen LogP contribution in [0.25, 0.3) is 0 Å². The number of halogens is 1. The van der Waals surface area contributed by atoms with Crippen LogP contribution in [0.1, 0.15) is 31.2 Å². The first kappa shape index (κ1) is 16.3. The van der Waals surface area contributed by atoms with Gasteiger partial charge in [-0.1, -0.05) is 6.07 Å². The van der Waals surface area contributed by atoms with Crippen molar-refractivity contribution in [2.24, 2.45) is 5.73 Å². The van der Waals surface area contributed by atoms with Gasteiger partial charge in [-0.2, -0.15) is 0 Å². The summed E-state index contributed by atoms with van der Waals surface area (Å²) in [5.41, 5.74) is 6.92. The third-order valence-electron chi connectivity index (χ3n) is 3.88. The van der Waals surface area contributed by atoms with Gasteiger partial charge >= 0.3 is 0 Å². The topological polar surface area (TPSA) is 55.6 Å². The predicted octanol–water partition coefficient (Wildman–Crippen LogP) is 2.87. The second-order valence-electron chi connectivity index (χ2n) is 5.50. The number of hydrogen-bond donors (Lipinski definition) is 1. The molecule has 1 unspecified atom stereocenters. The molecule has 1 aromatic carbocycles. The highest BCUT2D eigenvalue weighted by atomic mass is 79.9. The minimum Gasteiger partial charge on any atom is -0.492 e. The summed E-state index contributed by atoms with van der Waals surface area (Å²) >= 11 is 3.47. The van der Waals surface area contributed by atoms with Crippen LogP contribution in [0.5, 0.6) is 5.75 Å². The Morgan fingerprint density at radius 2 is 2.29 bits per heavy atom. The van der Waals surface area contributed by atoms with Gasteiger partial charge in [-0.3, -0.25) is 4.79 Å². The van der Waals surface area contributed by atoms with E-state index < -0.39 is 0 Å². The van der Waals surface area contributed by atoms with Gasteiger partial charge in [-0.15, -0.1) is 0 Å². The summed E-state index contributed by atoms with van der Waals surface area (Å²) in [6.45, 7) is 3.81. The van der Waals surface area contributed by atoms with Gasteiger partial charge in [-0.25, -0.2) is 0 Å². The highest BCUT2D eigenvalue weighted by molar-refractivity contribution is 9.10. The van der Waals surface area contributed by atoms with Gasteiger partial charge in [0.15, 0.2) is 0 Å². The van der Waals surface area contributed by atoms with E-state index in [-0.39, 0.29) is 11.9 Å². The number of rotatable bonds is 5. The zero-order chi connectivity index (χ0) is 15.2. The van der Waals surface area contributed by atoms with Crippen molar-refractivity contribution in [3.05, 3.63) is 28.2 Å². The smallest absolute Gasteiger partial charge is 0.226 e. The Morgan fingerprint density at radius 1 is 1.48 bits per heavy atom. The van der Waals surface area contributed by atoms with Crippen LogP contribution >= 0.6 is 15.9 Å². The molecule has 2 rings (SSSR count). The van der Waals surface area contributed by atoms with E-state index in [1.165, 1.54) is 12.0 Å². The first-order valence-electron chi connectivity index (χ1n) is 7.50. The van der Waals surface area contributed by atoms with E-state index in [1.807, 2.05) is 30.0 Å². The van der Waals surface area contributed by atoms with Crippen molar-refractivity contribution in [2.75, 3.05) is 19.7 Å². The van der Waals surface area contributed by atoms with E-state index in [1.54, 1.807) is 0 Å². The average molecular weight is 355 g/mol. The van der Waals surface area contributed by atoms with Crippen LogP contribution in [0.15, 0.2) is 22.7 Å². The zero-order valence-corrected chi connectivity index (χ0v) is 14.1. The van der Waals surface area contributed by atoms with E-state index in [9.17, 15) is 4.79 Å². The monoisotopic (exact) mass is 354 g/mol. The van der Waals surface area contributed by atoms with Crippen molar-refractivity contribution in [3.63, 3.8) is 0 Å². The maximum Gasteiger partial charge on any atom is 0.226 e. The van der Waals surface area contributed by atoms with Gasteiger partial charge in [0.25, 0.3) is 0 Å². The zero-order valence-electron chi connectivity index (χ0n) is 12.5. The van der Waals surface area contributed by atoms with E-state index in [0.717, 1.165) is 29.6 Å². The fourth-order valence-electron chi connectivity index (χ4n) is 2.69. The highest BCUT2D eigenvalue weighted by Gasteiger charge is 2.25. The lowest BCUT2D eigenvalue weighted by atomic mass is 10.0. The summed E-state index contributed by atoms with van der Waals surface area (Å²) in [4.78, 5) is 14.2. The van der Waals surface area contributed by atoms with Crippen LogP contribution in [0, 0.1) is 6.92 Å². The number of nitrogens with two attached hydrogens (primary N) is 1. The number of benzene rings is 1. The fourth-order valence-corrected chi connectivity index (χ4v) is 3.30. The molecule has 1 heterocycles. The van der Waals surface area contributed by atoms with Gasteiger partial charge in [-0.05, 0) is 59.8 Å². The Hall–Kier alpha value is -1.07. The molecule has 0 radical (unpaired) electrons. The summed E-state index contributed by atoms with van der Waals surface area (Å²) in [5, 5.41) is 0. The van der Waals surface area contributed by atoms with Crippen molar-refractivity contribution in [1.82, 2.24) is 4.90 Å². The summed E-state index contributed by atoms with van der Waals surface area (Å²) in [5.74, 6) is 0.927. The van der Waals surface area contributed by atoms with Crippen LogP contribution in [-0.4, -0.2) is 36.5 Å². The standard InChI is InChI=1S/C16H23BrN2O2/c1-12-5-6-15(14(17)10-12)21-9-7-16(20)19-8-3-2-4-13(19)11-18/h5-6,10,13H,2-4,7-9,11,18H2,1H3. The minimum atomic E-state index is 0.147. The molecule has 21 heavy (non-hydrogen) atoms. The molecule has 116 valence electrons. The third-order valence-corrected chi connectivity index (χ3v) is 4.50. The van der Waals surface area contributed by atoms with Crippen LogP contribution in [0.4, 0.5) is 0 Å². The first-order chi connectivity index (χ1) is 10.1. The Bertz CT molecular complexity index is 493. The molecule has 0 saturated carbocycles. The number of carbonyl (C=O) groups excluding carboxylic acids is 1. The number of ether oxygens (including phenoxy) is 1.